The second kappa shape index (κ2) is 9.78. The standard InChI is InChI=1S/C29H32O4/c1-5-18-11-13-24(16-20(18)7-3)32-28(30)26-22-9-10-23(15-22)27(26)29(31)33-25-14-12-19(6-2)21(8-4)17-25/h9-14,16-17,22-23H,5-8,15H2,1-4H3. The van der Waals surface area contributed by atoms with E-state index >= 15 is 0 Å². The third-order valence-electron chi connectivity index (χ3n) is 6.86. The molecule has 0 fully saturated rings. The maximum atomic E-state index is 13.2. The number of carbonyl (C=O) groups is 2. The summed E-state index contributed by atoms with van der Waals surface area (Å²) in [6.45, 7) is 8.41. The highest BCUT2D eigenvalue weighted by atomic mass is 16.5. The van der Waals surface area contributed by atoms with Gasteiger partial charge in [0.05, 0.1) is 11.1 Å². The molecule has 0 aromatic heterocycles. The van der Waals surface area contributed by atoms with Crippen molar-refractivity contribution in [3.05, 3.63) is 82.0 Å². The van der Waals surface area contributed by atoms with Gasteiger partial charge in [-0.15, -0.1) is 0 Å². The molecule has 2 aromatic carbocycles. The van der Waals surface area contributed by atoms with Gasteiger partial charge in [-0.05, 0) is 78.6 Å². The van der Waals surface area contributed by atoms with E-state index in [-0.39, 0.29) is 11.8 Å². The van der Waals surface area contributed by atoms with Crippen molar-refractivity contribution in [2.45, 2.75) is 59.8 Å². The molecule has 0 N–H and O–H groups in total. The van der Waals surface area contributed by atoms with Crippen molar-refractivity contribution in [3.8, 4) is 11.5 Å². The Labute approximate surface area is 196 Å². The van der Waals surface area contributed by atoms with Crippen LogP contribution in [0.3, 0.4) is 0 Å². The molecule has 2 aliphatic carbocycles. The zero-order valence-electron chi connectivity index (χ0n) is 19.9. The average Bonchev–Trinajstić information content (AvgIpc) is 3.45. The molecule has 4 heteroatoms. The number of rotatable bonds is 8. The second-order valence-electron chi connectivity index (χ2n) is 8.72. The monoisotopic (exact) mass is 444 g/mol. The van der Waals surface area contributed by atoms with Crippen LogP contribution in [-0.4, -0.2) is 11.9 Å². The topological polar surface area (TPSA) is 52.6 Å². The summed E-state index contributed by atoms with van der Waals surface area (Å²) in [7, 11) is 0. The lowest BCUT2D eigenvalue weighted by molar-refractivity contribution is -0.133. The Balaban J connectivity index is 1.58. The Morgan fingerprint density at radius 3 is 1.42 bits per heavy atom. The van der Waals surface area contributed by atoms with E-state index in [4.69, 9.17) is 9.47 Å². The quantitative estimate of drug-likeness (QED) is 0.287. The molecule has 2 unspecified atom stereocenters. The summed E-state index contributed by atoms with van der Waals surface area (Å²) in [6.07, 6.45) is 8.34. The molecule has 172 valence electrons. The number of carbonyl (C=O) groups excluding carboxylic acids is 2. The average molecular weight is 445 g/mol. The van der Waals surface area contributed by atoms with Crippen molar-refractivity contribution in [1.82, 2.24) is 0 Å². The highest BCUT2D eigenvalue weighted by Crippen LogP contribution is 2.45. The van der Waals surface area contributed by atoms with E-state index in [1.165, 1.54) is 22.3 Å². The number of benzene rings is 2. The zero-order valence-corrected chi connectivity index (χ0v) is 19.9. The van der Waals surface area contributed by atoms with Gasteiger partial charge in [-0.1, -0.05) is 52.0 Å². The summed E-state index contributed by atoms with van der Waals surface area (Å²) in [4.78, 5) is 26.4. The molecule has 2 aliphatic rings. The van der Waals surface area contributed by atoms with Gasteiger partial charge in [0.2, 0.25) is 0 Å². The van der Waals surface area contributed by atoms with E-state index in [1.54, 1.807) is 0 Å². The molecule has 0 radical (unpaired) electrons. The van der Waals surface area contributed by atoms with Crippen LogP contribution in [0, 0.1) is 11.8 Å². The highest BCUT2D eigenvalue weighted by Gasteiger charge is 2.43. The van der Waals surface area contributed by atoms with Gasteiger partial charge in [-0.3, -0.25) is 0 Å². The van der Waals surface area contributed by atoms with Crippen LogP contribution >= 0.6 is 0 Å². The minimum atomic E-state index is -0.458. The van der Waals surface area contributed by atoms with Crippen LogP contribution in [0.25, 0.3) is 0 Å². The smallest absolute Gasteiger partial charge is 0.340 e. The summed E-state index contributed by atoms with van der Waals surface area (Å²) in [5, 5.41) is 0. The summed E-state index contributed by atoms with van der Waals surface area (Å²) in [5.41, 5.74) is 5.73. The van der Waals surface area contributed by atoms with Crippen molar-refractivity contribution in [2.24, 2.45) is 11.8 Å². The summed E-state index contributed by atoms with van der Waals surface area (Å²) >= 11 is 0. The molecule has 0 amide bonds. The molecule has 2 bridgehead atoms. The summed E-state index contributed by atoms with van der Waals surface area (Å²) < 4.78 is 11.5. The fraction of sp³-hybridized carbons (Fsp3) is 0.379. The normalized spacial score (nSPS) is 18.7. The Kier molecular flexibility index (Phi) is 6.83. The molecular weight excluding hydrogens is 412 g/mol. The first kappa shape index (κ1) is 23.0. The molecule has 0 aliphatic heterocycles. The maximum absolute atomic E-state index is 13.2. The van der Waals surface area contributed by atoms with Crippen LogP contribution in [0.2, 0.25) is 0 Å². The van der Waals surface area contributed by atoms with E-state index in [1.807, 2.05) is 48.6 Å². The van der Waals surface area contributed by atoms with Crippen LogP contribution in [0.1, 0.15) is 56.4 Å². The molecular formula is C29H32O4. The molecule has 4 rings (SSSR count). The van der Waals surface area contributed by atoms with E-state index in [0.717, 1.165) is 32.1 Å². The number of aryl methyl sites for hydroxylation is 4. The molecule has 0 heterocycles. The van der Waals surface area contributed by atoms with Crippen molar-refractivity contribution >= 4 is 11.9 Å². The molecule has 2 aromatic rings. The maximum Gasteiger partial charge on any atom is 0.340 e. The van der Waals surface area contributed by atoms with Crippen LogP contribution < -0.4 is 9.47 Å². The molecule has 0 spiro atoms. The van der Waals surface area contributed by atoms with Crippen molar-refractivity contribution in [1.29, 1.82) is 0 Å². The predicted molar refractivity (Wildman–Crippen MR) is 129 cm³/mol. The lowest BCUT2D eigenvalue weighted by atomic mass is 9.97. The molecule has 0 saturated heterocycles. The first-order valence-corrected chi connectivity index (χ1v) is 12.1. The van der Waals surface area contributed by atoms with Gasteiger partial charge < -0.3 is 9.47 Å². The molecule has 0 saturated carbocycles. The third kappa shape index (κ3) is 4.52. The highest BCUT2D eigenvalue weighted by molar-refractivity contribution is 6.04. The Morgan fingerprint density at radius 1 is 0.667 bits per heavy atom. The van der Waals surface area contributed by atoms with Gasteiger partial charge in [-0.25, -0.2) is 9.59 Å². The Morgan fingerprint density at radius 2 is 1.06 bits per heavy atom. The van der Waals surface area contributed by atoms with Gasteiger partial charge in [0.1, 0.15) is 11.5 Å². The summed E-state index contributed by atoms with van der Waals surface area (Å²) in [5.74, 6) is -0.0764. The lowest BCUT2D eigenvalue weighted by Crippen LogP contribution is -2.22. The lowest BCUT2D eigenvalue weighted by Gasteiger charge is -2.16. The molecule has 33 heavy (non-hydrogen) atoms. The number of fused-ring (bicyclic) bond motifs is 2. The predicted octanol–water partition coefficient (Wildman–Crippen LogP) is 5.95. The summed E-state index contributed by atoms with van der Waals surface area (Å²) in [6, 6.07) is 11.5. The van der Waals surface area contributed by atoms with Crippen molar-refractivity contribution in [2.75, 3.05) is 0 Å². The number of ether oxygens (including phenoxy) is 2. The van der Waals surface area contributed by atoms with Gasteiger partial charge >= 0.3 is 11.9 Å². The number of allylic oxidation sites excluding steroid dienone is 2. The van der Waals surface area contributed by atoms with Gasteiger partial charge in [0.25, 0.3) is 0 Å². The zero-order chi connectivity index (χ0) is 23.5. The van der Waals surface area contributed by atoms with E-state index in [0.29, 0.717) is 22.6 Å². The molecule has 4 nitrogen and oxygen atoms in total. The van der Waals surface area contributed by atoms with Crippen LogP contribution in [0.15, 0.2) is 59.7 Å². The Bertz CT molecular complexity index is 1050. The second-order valence-corrected chi connectivity index (χ2v) is 8.72. The van der Waals surface area contributed by atoms with Crippen molar-refractivity contribution in [3.63, 3.8) is 0 Å². The van der Waals surface area contributed by atoms with Gasteiger partial charge in [-0.2, -0.15) is 0 Å². The van der Waals surface area contributed by atoms with Crippen LogP contribution in [0.4, 0.5) is 0 Å². The largest absolute Gasteiger partial charge is 0.423 e. The minimum absolute atomic E-state index is 0.0979. The van der Waals surface area contributed by atoms with Crippen molar-refractivity contribution < 1.29 is 19.1 Å². The fourth-order valence-electron chi connectivity index (χ4n) is 5.05. The van der Waals surface area contributed by atoms with Crippen LogP contribution in [-0.2, 0) is 35.3 Å². The number of esters is 2. The first-order valence-electron chi connectivity index (χ1n) is 12.1. The van der Waals surface area contributed by atoms with E-state index in [2.05, 4.69) is 27.7 Å². The third-order valence-corrected chi connectivity index (χ3v) is 6.86. The minimum Gasteiger partial charge on any atom is -0.423 e. The molecule has 2 atom stereocenters. The van der Waals surface area contributed by atoms with Crippen LogP contribution in [0.5, 0.6) is 11.5 Å². The SMILES string of the molecule is CCc1ccc(OC(=O)C2=C(C(=O)Oc3ccc(CC)c(CC)c3)C3C=CC2C3)cc1CC. The van der Waals surface area contributed by atoms with Gasteiger partial charge in [0.15, 0.2) is 0 Å². The number of hydrogen-bond acceptors (Lipinski definition) is 4. The first-order chi connectivity index (χ1) is 16.0. The number of hydrogen-bond donors (Lipinski definition) is 0. The van der Waals surface area contributed by atoms with Gasteiger partial charge in [0, 0.05) is 11.8 Å². The van der Waals surface area contributed by atoms with E-state index in [9.17, 15) is 9.59 Å². The van der Waals surface area contributed by atoms with E-state index < -0.39 is 11.9 Å². The Hall–Kier alpha value is -3.14. The fourth-order valence-corrected chi connectivity index (χ4v) is 5.05.